The Hall–Kier alpha value is -1.30. The molecule has 108 valence electrons. The van der Waals surface area contributed by atoms with Gasteiger partial charge in [0, 0.05) is 13.1 Å². The number of carboxylic acid groups (broad SMARTS) is 1. The molecular weight excluding hydrogens is 248 g/mol. The van der Waals surface area contributed by atoms with Gasteiger partial charge in [-0.15, -0.1) is 0 Å². The van der Waals surface area contributed by atoms with Crippen LogP contribution in [0.1, 0.15) is 32.6 Å². The van der Waals surface area contributed by atoms with Gasteiger partial charge in [0.05, 0.1) is 24.7 Å². The Bertz CT molecular complexity index is 348. The van der Waals surface area contributed by atoms with E-state index in [0.29, 0.717) is 19.6 Å². The molecule has 1 saturated heterocycles. The number of aliphatic carboxylic acids is 1. The summed E-state index contributed by atoms with van der Waals surface area (Å²) in [5.74, 6) is -1.37. The Morgan fingerprint density at radius 1 is 1.47 bits per heavy atom. The molecule has 1 aliphatic heterocycles. The molecule has 2 aliphatic rings. The molecule has 6 heteroatoms. The van der Waals surface area contributed by atoms with Crippen LogP contribution in [0, 0.1) is 5.92 Å². The maximum absolute atomic E-state index is 12.2. The van der Waals surface area contributed by atoms with Crippen LogP contribution in [0.25, 0.3) is 0 Å². The molecule has 1 heterocycles. The SMILES string of the molecule is CCC(CNC(=O)N1CCOC2CCCC21)C(=O)O. The number of morpholine rings is 1. The third-order valence-electron chi connectivity index (χ3n) is 4.08. The first kappa shape index (κ1) is 14.1. The number of carboxylic acids is 1. The maximum atomic E-state index is 12.2. The molecule has 0 spiro atoms. The standard InChI is InChI=1S/C13H22N2O4/c1-2-9(12(16)17)8-14-13(18)15-6-7-19-11-5-3-4-10(11)15/h9-11H,2-8H2,1H3,(H,14,18)(H,16,17). The molecule has 2 N–H and O–H groups in total. The number of carbonyl (C=O) groups excluding carboxylic acids is 1. The fraction of sp³-hybridized carbons (Fsp3) is 0.846. The summed E-state index contributed by atoms with van der Waals surface area (Å²) in [5.41, 5.74) is 0. The van der Waals surface area contributed by atoms with Gasteiger partial charge in [0.15, 0.2) is 0 Å². The maximum Gasteiger partial charge on any atom is 0.317 e. The molecule has 0 aromatic heterocycles. The lowest BCUT2D eigenvalue weighted by atomic mass is 10.1. The van der Waals surface area contributed by atoms with Gasteiger partial charge in [-0.05, 0) is 25.7 Å². The number of hydrogen-bond acceptors (Lipinski definition) is 3. The summed E-state index contributed by atoms with van der Waals surface area (Å²) >= 11 is 0. The predicted molar refractivity (Wildman–Crippen MR) is 68.9 cm³/mol. The Morgan fingerprint density at radius 2 is 2.26 bits per heavy atom. The van der Waals surface area contributed by atoms with Gasteiger partial charge in [0.25, 0.3) is 0 Å². The van der Waals surface area contributed by atoms with Crippen molar-refractivity contribution in [3.63, 3.8) is 0 Å². The molecular formula is C13H22N2O4. The molecule has 2 amide bonds. The molecule has 0 bridgehead atoms. The van der Waals surface area contributed by atoms with E-state index in [1.165, 1.54) is 0 Å². The van der Waals surface area contributed by atoms with Crippen molar-refractivity contribution >= 4 is 12.0 Å². The van der Waals surface area contributed by atoms with E-state index >= 15 is 0 Å². The molecule has 1 aliphatic carbocycles. The van der Waals surface area contributed by atoms with Gasteiger partial charge in [-0.25, -0.2) is 4.79 Å². The number of nitrogens with zero attached hydrogens (tertiary/aromatic N) is 1. The number of amides is 2. The van der Waals surface area contributed by atoms with Crippen LogP contribution in [-0.2, 0) is 9.53 Å². The number of hydrogen-bond donors (Lipinski definition) is 2. The van der Waals surface area contributed by atoms with Crippen molar-refractivity contribution in [2.24, 2.45) is 5.92 Å². The van der Waals surface area contributed by atoms with Gasteiger partial charge in [-0.1, -0.05) is 6.92 Å². The van der Waals surface area contributed by atoms with Crippen molar-refractivity contribution in [3.8, 4) is 0 Å². The first-order valence-electron chi connectivity index (χ1n) is 7.02. The van der Waals surface area contributed by atoms with Gasteiger partial charge in [-0.3, -0.25) is 4.79 Å². The van der Waals surface area contributed by atoms with Crippen molar-refractivity contribution in [1.29, 1.82) is 0 Å². The summed E-state index contributed by atoms with van der Waals surface area (Å²) in [5, 5.41) is 11.7. The second-order valence-corrected chi connectivity index (χ2v) is 5.23. The van der Waals surface area contributed by atoms with Crippen LogP contribution in [0.2, 0.25) is 0 Å². The number of rotatable bonds is 4. The zero-order valence-corrected chi connectivity index (χ0v) is 11.3. The molecule has 6 nitrogen and oxygen atoms in total. The number of nitrogens with one attached hydrogen (secondary N) is 1. The highest BCUT2D eigenvalue weighted by atomic mass is 16.5. The lowest BCUT2D eigenvalue weighted by Crippen LogP contribution is -2.55. The minimum absolute atomic E-state index is 0.153. The largest absolute Gasteiger partial charge is 0.481 e. The predicted octanol–water partition coefficient (Wildman–Crippen LogP) is 1.06. The first-order chi connectivity index (χ1) is 9.13. The topological polar surface area (TPSA) is 78.9 Å². The van der Waals surface area contributed by atoms with Gasteiger partial charge in [0.2, 0.25) is 0 Å². The van der Waals surface area contributed by atoms with Gasteiger partial charge < -0.3 is 20.1 Å². The molecule has 2 rings (SSSR count). The summed E-state index contributed by atoms with van der Waals surface area (Å²) in [6.07, 6.45) is 3.77. The third kappa shape index (κ3) is 3.18. The normalized spacial score (nSPS) is 27.7. The summed E-state index contributed by atoms with van der Waals surface area (Å²) in [6.45, 7) is 3.17. The highest BCUT2D eigenvalue weighted by molar-refractivity contribution is 5.76. The van der Waals surface area contributed by atoms with Crippen LogP contribution in [0.5, 0.6) is 0 Å². The average molecular weight is 270 g/mol. The van der Waals surface area contributed by atoms with Crippen molar-refractivity contribution < 1.29 is 19.4 Å². The summed E-state index contributed by atoms with van der Waals surface area (Å²) in [4.78, 5) is 24.9. The van der Waals surface area contributed by atoms with Crippen LogP contribution in [0.15, 0.2) is 0 Å². The lowest BCUT2D eigenvalue weighted by Gasteiger charge is -2.37. The van der Waals surface area contributed by atoms with E-state index in [-0.39, 0.29) is 24.7 Å². The Kier molecular flexibility index (Phi) is 4.63. The van der Waals surface area contributed by atoms with Crippen LogP contribution >= 0.6 is 0 Å². The van der Waals surface area contributed by atoms with E-state index in [1.54, 1.807) is 0 Å². The Balaban J connectivity index is 1.87. The summed E-state index contributed by atoms with van der Waals surface area (Å²) < 4.78 is 5.65. The molecule has 1 saturated carbocycles. The summed E-state index contributed by atoms with van der Waals surface area (Å²) in [6, 6.07) is 0.0126. The number of urea groups is 1. The molecule has 3 unspecified atom stereocenters. The lowest BCUT2D eigenvalue weighted by molar-refractivity contribution is -0.141. The Labute approximate surface area is 113 Å². The van der Waals surface area contributed by atoms with Crippen molar-refractivity contribution in [3.05, 3.63) is 0 Å². The molecule has 2 fully saturated rings. The van der Waals surface area contributed by atoms with Crippen molar-refractivity contribution in [2.45, 2.75) is 44.8 Å². The number of carbonyl (C=O) groups is 2. The van der Waals surface area contributed by atoms with E-state index in [2.05, 4.69) is 5.32 Å². The first-order valence-corrected chi connectivity index (χ1v) is 7.02. The zero-order chi connectivity index (χ0) is 13.8. The van der Waals surface area contributed by atoms with E-state index in [9.17, 15) is 9.59 Å². The molecule has 3 atom stereocenters. The molecule has 19 heavy (non-hydrogen) atoms. The van der Waals surface area contributed by atoms with Crippen LogP contribution in [0.4, 0.5) is 4.79 Å². The number of ether oxygens (including phenoxy) is 1. The van der Waals surface area contributed by atoms with E-state index in [1.807, 2.05) is 11.8 Å². The third-order valence-corrected chi connectivity index (χ3v) is 4.08. The van der Waals surface area contributed by atoms with E-state index < -0.39 is 11.9 Å². The van der Waals surface area contributed by atoms with Crippen molar-refractivity contribution in [2.75, 3.05) is 19.7 Å². The van der Waals surface area contributed by atoms with Crippen LogP contribution in [-0.4, -0.2) is 53.8 Å². The fourth-order valence-electron chi connectivity index (χ4n) is 2.90. The minimum atomic E-state index is -0.858. The van der Waals surface area contributed by atoms with Crippen LogP contribution in [0.3, 0.4) is 0 Å². The van der Waals surface area contributed by atoms with Gasteiger partial charge >= 0.3 is 12.0 Å². The molecule has 0 radical (unpaired) electrons. The average Bonchev–Trinajstić information content (AvgIpc) is 2.86. The van der Waals surface area contributed by atoms with Crippen molar-refractivity contribution in [1.82, 2.24) is 10.2 Å². The van der Waals surface area contributed by atoms with Gasteiger partial charge in [-0.2, -0.15) is 0 Å². The fourth-order valence-corrected chi connectivity index (χ4v) is 2.90. The van der Waals surface area contributed by atoms with E-state index in [4.69, 9.17) is 9.84 Å². The Morgan fingerprint density at radius 3 is 2.95 bits per heavy atom. The highest BCUT2D eigenvalue weighted by Gasteiger charge is 2.38. The zero-order valence-electron chi connectivity index (χ0n) is 11.3. The second kappa shape index (κ2) is 6.23. The summed E-state index contributed by atoms with van der Waals surface area (Å²) in [7, 11) is 0. The monoisotopic (exact) mass is 270 g/mol. The van der Waals surface area contributed by atoms with Crippen LogP contribution < -0.4 is 5.32 Å². The second-order valence-electron chi connectivity index (χ2n) is 5.23. The minimum Gasteiger partial charge on any atom is -0.481 e. The molecule has 0 aromatic carbocycles. The number of fused-ring (bicyclic) bond motifs is 1. The highest BCUT2D eigenvalue weighted by Crippen LogP contribution is 2.29. The van der Waals surface area contributed by atoms with Gasteiger partial charge in [0.1, 0.15) is 0 Å². The van der Waals surface area contributed by atoms with E-state index in [0.717, 1.165) is 19.3 Å². The smallest absolute Gasteiger partial charge is 0.317 e. The quantitative estimate of drug-likeness (QED) is 0.800. The molecule has 0 aromatic rings.